The molecule has 0 radical (unpaired) electrons. The van der Waals surface area contributed by atoms with E-state index >= 15 is 0 Å². The first-order valence-corrected chi connectivity index (χ1v) is 6.89. The summed E-state index contributed by atoms with van der Waals surface area (Å²) in [6.07, 6.45) is 1.08. The van der Waals surface area contributed by atoms with Crippen molar-refractivity contribution in [2.45, 2.75) is 25.4 Å². The third kappa shape index (κ3) is 2.74. The fourth-order valence-electron chi connectivity index (χ4n) is 2.06. The molecule has 8 heteroatoms. The van der Waals surface area contributed by atoms with E-state index in [4.69, 9.17) is 11.5 Å². The van der Waals surface area contributed by atoms with Crippen LogP contribution in [0, 0.1) is 15.9 Å². The molecule has 0 aliphatic carbocycles. The predicted molar refractivity (Wildman–Crippen MR) is 81.3 cm³/mol. The van der Waals surface area contributed by atoms with Gasteiger partial charge in [0.15, 0.2) is 0 Å². The number of pyridine rings is 1. The van der Waals surface area contributed by atoms with Crippen molar-refractivity contribution in [1.82, 2.24) is 4.98 Å². The van der Waals surface area contributed by atoms with E-state index in [1.807, 2.05) is 0 Å². The van der Waals surface area contributed by atoms with Crippen LogP contribution in [0.1, 0.15) is 25.5 Å². The molecule has 4 N–H and O–H groups in total. The van der Waals surface area contributed by atoms with Crippen LogP contribution in [0.25, 0.3) is 10.9 Å². The van der Waals surface area contributed by atoms with Crippen molar-refractivity contribution in [2.24, 2.45) is 11.5 Å². The van der Waals surface area contributed by atoms with Crippen LogP contribution in [0.15, 0.2) is 22.8 Å². The molecule has 0 fully saturated rings. The van der Waals surface area contributed by atoms with Gasteiger partial charge in [-0.05, 0) is 41.9 Å². The lowest BCUT2D eigenvalue weighted by Gasteiger charge is -2.28. The minimum absolute atomic E-state index is 0.0181. The van der Waals surface area contributed by atoms with Gasteiger partial charge in [-0.2, -0.15) is 0 Å². The second-order valence-corrected chi connectivity index (χ2v) is 6.22. The Hall–Kier alpha value is -1.64. The van der Waals surface area contributed by atoms with Gasteiger partial charge in [0.25, 0.3) is 5.69 Å². The molecule has 0 aliphatic rings. The summed E-state index contributed by atoms with van der Waals surface area (Å²) in [5, 5.41) is 11.2. The Labute approximate surface area is 128 Å². The van der Waals surface area contributed by atoms with Gasteiger partial charge in [-0.15, -0.1) is 0 Å². The molecule has 6 nitrogen and oxygen atoms in total. The highest BCUT2D eigenvalue weighted by molar-refractivity contribution is 9.10. The third-order valence-electron chi connectivity index (χ3n) is 3.25. The maximum atomic E-state index is 14.4. The number of nitrogens with two attached hydrogens (primary N) is 2. The van der Waals surface area contributed by atoms with Crippen molar-refractivity contribution in [1.29, 1.82) is 0 Å². The quantitative estimate of drug-likeness (QED) is 0.649. The number of nitrogens with zero attached hydrogens (tertiary/aromatic N) is 2. The zero-order valence-corrected chi connectivity index (χ0v) is 13.0. The van der Waals surface area contributed by atoms with E-state index in [1.54, 1.807) is 19.9 Å². The Bertz CT molecular complexity index is 730. The second kappa shape index (κ2) is 5.28. The third-order valence-corrected chi connectivity index (χ3v) is 3.87. The van der Waals surface area contributed by atoms with Crippen molar-refractivity contribution in [2.75, 3.05) is 0 Å². The standard InChI is InChI=1S/C13H14BrFN4O2/c1-13(2,17)12(16)10-8(19(20)21)5-18-7-4-3-6(14)11(15)9(7)10/h3-5,12H,16-17H2,1-2H3. The van der Waals surface area contributed by atoms with Crippen molar-refractivity contribution < 1.29 is 9.31 Å². The van der Waals surface area contributed by atoms with E-state index in [0.717, 1.165) is 6.20 Å². The zero-order valence-electron chi connectivity index (χ0n) is 11.4. The summed E-state index contributed by atoms with van der Waals surface area (Å²) in [5.41, 5.74) is 11.0. The topological polar surface area (TPSA) is 108 Å². The first-order valence-electron chi connectivity index (χ1n) is 6.10. The summed E-state index contributed by atoms with van der Waals surface area (Å²) < 4.78 is 14.6. The average Bonchev–Trinajstić information content (AvgIpc) is 2.39. The highest BCUT2D eigenvalue weighted by Crippen LogP contribution is 2.37. The molecule has 0 saturated carbocycles. The summed E-state index contributed by atoms with van der Waals surface area (Å²) in [6, 6.07) is 2.12. The molecule has 0 saturated heterocycles. The number of benzene rings is 1. The normalized spacial score (nSPS) is 13.4. The van der Waals surface area contributed by atoms with Crippen LogP contribution in [0.2, 0.25) is 0 Å². The molecule has 112 valence electrons. The van der Waals surface area contributed by atoms with Crippen molar-refractivity contribution in [3.8, 4) is 0 Å². The van der Waals surface area contributed by atoms with Crippen LogP contribution in [-0.2, 0) is 0 Å². The lowest BCUT2D eigenvalue weighted by atomic mass is 9.87. The number of fused-ring (bicyclic) bond motifs is 1. The molecule has 0 aliphatic heterocycles. The molecule has 1 heterocycles. The number of aromatic nitrogens is 1. The van der Waals surface area contributed by atoms with Gasteiger partial charge in [-0.25, -0.2) is 9.37 Å². The monoisotopic (exact) mass is 356 g/mol. The largest absolute Gasteiger partial charge is 0.324 e. The first kappa shape index (κ1) is 15.7. The van der Waals surface area contributed by atoms with Gasteiger partial charge in [0.05, 0.1) is 26.5 Å². The van der Waals surface area contributed by atoms with E-state index in [1.165, 1.54) is 6.07 Å². The van der Waals surface area contributed by atoms with Crippen LogP contribution in [0.4, 0.5) is 10.1 Å². The highest BCUT2D eigenvalue weighted by atomic mass is 79.9. The molecule has 2 rings (SSSR count). The second-order valence-electron chi connectivity index (χ2n) is 5.37. The van der Waals surface area contributed by atoms with Gasteiger partial charge >= 0.3 is 0 Å². The van der Waals surface area contributed by atoms with Crippen LogP contribution in [0.5, 0.6) is 0 Å². The maximum absolute atomic E-state index is 14.4. The lowest BCUT2D eigenvalue weighted by Crippen LogP contribution is -2.44. The Morgan fingerprint density at radius 2 is 2.10 bits per heavy atom. The smallest absolute Gasteiger partial charge is 0.293 e. The molecule has 0 spiro atoms. The molecule has 0 amide bonds. The zero-order chi connectivity index (χ0) is 15.9. The summed E-state index contributed by atoms with van der Waals surface area (Å²) in [5.74, 6) is -0.640. The van der Waals surface area contributed by atoms with Crippen LogP contribution < -0.4 is 11.5 Å². The van der Waals surface area contributed by atoms with Gasteiger partial charge in [-0.3, -0.25) is 10.1 Å². The summed E-state index contributed by atoms with van der Waals surface area (Å²) in [6.45, 7) is 3.26. The molecule has 21 heavy (non-hydrogen) atoms. The lowest BCUT2D eigenvalue weighted by molar-refractivity contribution is -0.386. The molecule has 0 bridgehead atoms. The number of rotatable bonds is 3. The van der Waals surface area contributed by atoms with Gasteiger partial charge in [0.1, 0.15) is 12.0 Å². The number of hydrogen-bond acceptors (Lipinski definition) is 5. The maximum Gasteiger partial charge on any atom is 0.293 e. The van der Waals surface area contributed by atoms with E-state index in [-0.39, 0.29) is 26.6 Å². The molecular formula is C13H14BrFN4O2. The van der Waals surface area contributed by atoms with Crippen molar-refractivity contribution in [3.05, 3.63) is 44.3 Å². The Morgan fingerprint density at radius 1 is 1.48 bits per heavy atom. The summed E-state index contributed by atoms with van der Waals surface area (Å²) in [4.78, 5) is 14.5. The van der Waals surface area contributed by atoms with Gasteiger partial charge in [-0.1, -0.05) is 0 Å². The number of nitro groups is 1. The molecule has 1 atom stereocenters. The molecule has 2 aromatic rings. The van der Waals surface area contributed by atoms with Gasteiger partial charge in [0, 0.05) is 10.9 Å². The van der Waals surface area contributed by atoms with Gasteiger partial charge in [0.2, 0.25) is 0 Å². The Morgan fingerprint density at radius 3 is 2.62 bits per heavy atom. The average molecular weight is 357 g/mol. The van der Waals surface area contributed by atoms with E-state index in [2.05, 4.69) is 20.9 Å². The molecule has 1 aromatic heterocycles. The van der Waals surface area contributed by atoms with Crippen molar-refractivity contribution in [3.63, 3.8) is 0 Å². The van der Waals surface area contributed by atoms with Crippen LogP contribution in [-0.4, -0.2) is 15.4 Å². The summed E-state index contributed by atoms with van der Waals surface area (Å²) >= 11 is 3.07. The SMILES string of the molecule is CC(C)(N)C(N)c1c([N+](=O)[O-])cnc2ccc(Br)c(F)c12. The fourth-order valence-corrected chi connectivity index (χ4v) is 2.40. The van der Waals surface area contributed by atoms with Crippen molar-refractivity contribution >= 4 is 32.5 Å². The van der Waals surface area contributed by atoms with E-state index < -0.39 is 22.3 Å². The number of hydrogen-bond donors (Lipinski definition) is 2. The number of halogens is 2. The van der Waals surface area contributed by atoms with Gasteiger partial charge < -0.3 is 11.5 Å². The Kier molecular flexibility index (Phi) is 3.96. The molecule has 1 unspecified atom stereocenters. The predicted octanol–water partition coefficient (Wildman–Crippen LogP) is 2.78. The van der Waals surface area contributed by atoms with Crippen LogP contribution in [0.3, 0.4) is 0 Å². The molecule has 1 aromatic carbocycles. The minimum Gasteiger partial charge on any atom is -0.324 e. The Balaban J connectivity index is 2.94. The highest BCUT2D eigenvalue weighted by Gasteiger charge is 2.33. The molecular weight excluding hydrogens is 343 g/mol. The van der Waals surface area contributed by atoms with E-state index in [0.29, 0.717) is 0 Å². The first-order chi connectivity index (χ1) is 9.64. The summed E-state index contributed by atoms with van der Waals surface area (Å²) in [7, 11) is 0. The fraction of sp³-hybridized carbons (Fsp3) is 0.308. The van der Waals surface area contributed by atoms with E-state index in [9.17, 15) is 14.5 Å². The van der Waals surface area contributed by atoms with Crippen LogP contribution >= 0.6 is 15.9 Å². The minimum atomic E-state index is -0.964.